The summed E-state index contributed by atoms with van der Waals surface area (Å²) in [7, 11) is -4.40. The van der Waals surface area contributed by atoms with Gasteiger partial charge in [-0.1, -0.05) is 64.4 Å². The normalized spacial score (nSPS) is 15.4. The van der Waals surface area contributed by atoms with Crippen molar-refractivity contribution in [3.8, 4) is 0 Å². The Bertz CT molecular complexity index is 1810. The highest BCUT2D eigenvalue weighted by Crippen LogP contribution is 2.47. The molecule has 11 N–H and O–H groups in total. The Balaban J connectivity index is 2.89. The van der Waals surface area contributed by atoms with E-state index < -0.39 is 128 Å². The number of hydrogen-bond donors (Lipinski definition) is 11. The molecule has 0 saturated carbocycles. The number of esters is 1. The van der Waals surface area contributed by atoms with Crippen molar-refractivity contribution in [1.29, 1.82) is 0 Å². The molecule has 8 atom stereocenters. The molecule has 0 fully saturated rings. The van der Waals surface area contributed by atoms with Crippen LogP contribution < -0.4 is 43.0 Å². The van der Waals surface area contributed by atoms with Crippen molar-refractivity contribution in [3.05, 3.63) is 35.9 Å². The highest BCUT2D eigenvalue weighted by molar-refractivity contribution is 7.80. The molecular weight excluding hydrogens is 876 g/mol. The van der Waals surface area contributed by atoms with Crippen molar-refractivity contribution in [1.82, 2.24) is 37.2 Å². The molecule has 0 aliphatic carbocycles. The molecule has 7 amide bonds. The zero-order valence-corrected chi connectivity index (χ0v) is 39.3. The van der Waals surface area contributed by atoms with Crippen LogP contribution >= 0.6 is 20.0 Å². The zero-order valence-electron chi connectivity index (χ0n) is 37.5. The van der Waals surface area contributed by atoms with Crippen LogP contribution in [0.5, 0.6) is 0 Å². The second kappa shape index (κ2) is 28.7. The molecule has 1 rings (SSSR count). The maximum absolute atomic E-state index is 13.9. The third-order valence-corrected chi connectivity index (χ3v) is 12.3. The molecule has 0 saturated heterocycles. The highest BCUT2D eigenvalue weighted by atomic mass is 32.1. The topological polar surface area (TPSA) is 331 Å². The van der Waals surface area contributed by atoms with Crippen LogP contribution in [0.15, 0.2) is 30.3 Å². The van der Waals surface area contributed by atoms with Gasteiger partial charge in [-0.25, -0.2) is 4.79 Å². The van der Waals surface area contributed by atoms with Crippen molar-refractivity contribution < 1.29 is 62.5 Å². The number of nitrogens with two attached hydrogens (primary N) is 1. The lowest BCUT2D eigenvalue weighted by atomic mass is 9.99. The molecule has 1 aromatic carbocycles. The summed E-state index contributed by atoms with van der Waals surface area (Å²) < 4.78 is 18.6. The van der Waals surface area contributed by atoms with E-state index in [9.17, 15) is 52.6 Å². The number of carbonyl (C=O) groups excluding carboxylic acids is 8. The minimum Gasteiger partial charge on any atom is -0.480 e. The highest BCUT2D eigenvalue weighted by Gasteiger charge is 2.36. The number of carboxylic acid groups (broad SMARTS) is 1. The van der Waals surface area contributed by atoms with Gasteiger partial charge in [-0.05, 0) is 44.1 Å². The van der Waals surface area contributed by atoms with E-state index in [0.717, 1.165) is 6.92 Å². The second-order valence-electron chi connectivity index (χ2n) is 16.1. The number of carbonyl (C=O) groups is 9. The third-order valence-electron chi connectivity index (χ3n) is 9.74. The first-order valence-electron chi connectivity index (χ1n) is 21.1. The number of aliphatic carboxylic acids is 1. The predicted octanol–water partition coefficient (Wildman–Crippen LogP) is -0.311. The van der Waals surface area contributed by atoms with Crippen LogP contribution in [0.25, 0.3) is 0 Å². The van der Waals surface area contributed by atoms with E-state index >= 15 is 0 Å². The first-order chi connectivity index (χ1) is 29.9. The van der Waals surface area contributed by atoms with Crippen molar-refractivity contribution >= 4 is 73.3 Å². The molecule has 1 aromatic rings. The van der Waals surface area contributed by atoms with E-state index in [-0.39, 0.29) is 31.1 Å². The molecule has 0 spiro atoms. The summed E-state index contributed by atoms with van der Waals surface area (Å²) in [5.41, 5.74) is 6.28. The molecular formula is C41H67N8O13PS. The zero-order chi connectivity index (χ0) is 48.7. The van der Waals surface area contributed by atoms with Gasteiger partial charge in [0.1, 0.15) is 48.6 Å². The summed E-state index contributed by atoms with van der Waals surface area (Å²) in [6.07, 6.45) is 0.398. The third kappa shape index (κ3) is 21.6. The standard InChI is InChI=1S/C41H67N8O13PS/c1-23(2)34(39(56)43-18-13-9-12-16-31(51)46-30(22-64)41(58)59)49-40(57)35(24(3)4)47-32(52)17-19-63(60,61)33(20-28-14-10-8-11-15-28)48-37(54)26(6)44-36(53)25(5)45-38(55)29(42)21-62-27(7)50/h8,10-11,14-15,23-26,29-30,33-35,64H,9,12-13,16-22,42H2,1-7H3,(H,43,56)(H,44,53)(H,45,55)(H,46,51)(H,47,52)(H,48,54)(H,49,57)(H,58,59)(H,60,61)/t25-,26-,29-,30-,33?,34-,35-/m0/s1. The van der Waals surface area contributed by atoms with Crippen LogP contribution in [0.3, 0.4) is 0 Å². The van der Waals surface area contributed by atoms with Crippen LogP contribution in [0.1, 0.15) is 86.1 Å². The first-order valence-corrected chi connectivity index (χ1v) is 23.6. The maximum atomic E-state index is 13.9. The molecule has 21 nitrogen and oxygen atoms in total. The van der Waals surface area contributed by atoms with Crippen molar-refractivity contribution in [2.24, 2.45) is 17.6 Å². The summed E-state index contributed by atoms with van der Waals surface area (Å²) in [6, 6.07) is 1.63. The van der Waals surface area contributed by atoms with Crippen molar-refractivity contribution in [2.75, 3.05) is 25.1 Å². The Morgan fingerprint density at radius 1 is 0.703 bits per heavy atom. The fourth-order valence-corrected chi connectivity index (χ4v) is 7.74. The fraction of sp³-hybridized carbons (Fsp3) is 0.634. The minimum atomic E-state index is -4.40. The fourth-order valence-electron chi connectivity index (χ4n) is 5.83. The van der Waals surface area contributed by atoms with Crippen LogP contribution in [-0.4, -0.2) is 130 Å². The Morgan fingerprint density at radius 3 is 1.80 bits per heavy atom. The molecule has 0 aromatic heterocycles. The average Bonchev–Trinajstić information content (AvgIpc) is 3.22. The smallest absolute Gasteiger partial charge is 0.327 e. The van der Waals surface area contributed by atoms with E-state index in [4.69, 9.17) is 15.6 Å². The van der Waals surface area contributed by atoms with E-state index in [2.05, 4.69) is 49.8 Å². The Kier molecular flexibility index (Phi) is 25.5. The van der Waals surface area contributed by atoms with E-state index in [1.54, 1.807) is 58.0 Å². The number of rotatable bonds is 29. The largest absolute Gasteiger partial charge is 0.480 e. The summed E-state index contributed by atoms with van der Waals surface area (Å²) in [4.78, 5) is 124. The summed E-state index contributed by atoms with van der Waals surface area (Å²) in [6.45, 7) is 10.4. The minimum absolute atomic E-state index is 0.0457. The molecule has 0 radical (unpaired) electrons. The number of benzene rings is 1. The van der Waals surface area contributed by atoms with Gasteiger partial charge in [0, 0.05) is 44.6 Å². The second-order valence-corrected chi connectivity index (χ2v) is 19.0. The van der Waals surface area contributed by atoms with Gasteiger partial charge < -0.3 is 57.7 Å². The number of amides is 7. The molecule has 0 aliphatic heterocycles. The molecule has 23 heteroatoms. The quantitative estimate of drug-likeness (QED) is 0.0213. The van der Waals surface area contributed by atoms with Gasteiger partial charge in [-0.15, -0.1) is 0 Å². The lowest BCUT2D eigenvalue weighted by Gasteiger charge is -2.28. The van der Waals surface area contributed by atoms with Gasteiger partial charge in [0.05, 0.1) is 0 Å². The lowest BCUT2D eigenvalue weighted by molar-refractivity contribution is -0.143. The monoisotopic (exact) mass is 942 g/mol. The van der Waals surface area contributed by atoms with Crippen LogP contribution in [0, 0.1) is 11.8 Å². The van der Waals surface area contributed by atoms with Crippen LogP contribution in [-0.2, 0) is 58.9 Å². The summed E-state index contributed by atoms with van der Waals surface area (Å²) >= 11 is 3.91. The average molecular weight is 943 g/mol. The number of ether oxygens (including phenoxy) is 1. The molecule has 2 unspecified atom stereocenters. The molecule has 0 aliphatic rings. The number of carboxylic acids is 1. The predicted molar refractivity (Wildman–Crippen MR) is 240 cm³/mol. The van der Waals surface area contributed by atoms with Gasteiger partial charge >= 0.3 is 11.9 Å². The first kappa shape index (κ1) is 57.0. The number of hydrogen-bond acceptors (Lipinski definition) is 13. The van der Waals surface area contributed by atoms with Gasteiger partial charge in [0.25, 0.3) is 0 Å². The van der Waals surface area contributed by atoms with E-state index in [0.29, 0.717) is 24.8 Å². The Hall–Kier alpha value is -5.05. The molecule has 0 heterocycles. The number of nitrogens with one attached hydrogen (secondary N) is 7. The summed E-state index contributed by atoms with van der Waals surface area (Å²) in [5, 5.41) is 26.8. The van der Waals surface area contributed by atoms with Crippen LogP contribution in [0.2, 0.25) is 0 Å². The van der Waals surface area contributed by atoms with Crippen molar-refractivity contribution in [3.63, 3.8) is 0 Å². The van der Waals surface area contributed by atoms with Crippen molar-refractivity contribution in [2.45, 2.75) is 129 Å². The molecule has 360 valence electrons. The SMILES string of the molecule is CC(=O)OC[C@H](N)C(=O)N[C@@H](C)C(=O)N[C@@H](C)C(=O)NC(Cc1ccccc1)P(=O)(O)CCC(=O)N[C@H](C(=O)N[C@H](C(=O)NCCCCCC(=O)N[C@@H](CS)C(=O)O)C(C)C)C(C)C. The number of thiol groups is 1. The van der Waals surface area contributed by atoms with E-state index in [1.807, 2.05) is 0 Å². The summed E-state index contributed by atoms with van der Waals surface area (Å²) in [5.74, 6) is -8.78. The van der Waals surface area contributed by atoms with Gasteiger partial charge in [0.15, 0.2) is 0 Å². The van der Waals surface area contributed by atoms with E-state index in [1.165, 1.54) is 13.8 Å². The van der Waals surface area contributed by atoms with Gasteiger partial charge in [-0.3, -0.25) is 42.9 Å². The Morgan fingerprint density at radius 2 is 1.25 bits per heavy atom. The molecule has 64 heavy (non-hydrogen) atoms. The molecule has 0 bridgehead atoms. The maximum Gasteiger partial charge on any atom is 0.327 e. The Labute approximate surface area is 379 Å². The van der Waals surface area contributed by atoms with Gasteiger partial charge in [-0.2, -0.15) is 12.6 Å². The lowest BCUT2D eigenvalue weighted by Crippen LogP contribution is -2.57. The number of unbranched alkanes of at least 4 members (excludes halogenated alkanes) is 2. The van der Waals surface area contributed by atoms with Crippen LogP contribution in [0.4, 0.5) is 0 Å². The van der Waals surface area contributed by atoms with Gasteiger partial charge in [0.2, 0.25) is 48.7 Å².